The highest BCUT2D eigenvalue weighted by molar-refractivity contribution is 7.93. The molecule has 0 atom stereocenters. The maximum Gasteiger partial charge on any atom is 0.265 e. The summed E-state index contributed by atoms with van der Waals surface area (Å²) in [6.07, 6.45) is 2.30. The summed E-state index contributed by atoms with van der Waals surface area (Å²) >= 11 is 2.70. The molecule has 2 heterocycles. The molecule has 0 aromatic carbocycles. The van der Waals surface area contributed by atoms with E-state index in [9.17, 15) is 8.42 Å². The van der Waals surface area contributed by atoms with Crippen LogP contribution in [0.3, 0.4) is 0 Å². The lowest BCUT2D eigenvalue weighted by Gasteiger charge is -2.07. The largest absolute Gasteiger partial charge is 0.326 e. The number of hydrogen-bond donors (Lipinski definition) is 2. The smallest absolute Gasteiger partial charge is 0.265 e. The van der Waals surface area contributed by atoms with Crippen LogP contribution in [0.4, 0.5) is 5.13 Å². The first-order chi connectivity index (χ1) is 9.51. The Hall–Kier alpha value is -0.960. The maximum absolute atomic E-state index is 12.5. The molecule has 0 spiro atoms. The Morgan fingerprint density at radius 2 is 2.15 bits per heavy atom. The van der Waals surface area contributed by atoms with Crippen LogP contribution in [0.1, 0.15) is 34.9 Å². The van der Waals surface area contributed by atoms with E-state index in [2.05, 4.69) is 9.71 Å². The number of aryl methyl sites for hydroxylation is 1. The topological polar surface area (TPSA) is 85.1 Å². The van der Waals surface area contributed by atoms with Gasteiger partial charge in [-0.1, -0.05) is 0 Å². The number of anilines is 1. The van der Waals surface area contributed by atoms with Crippen molar-refractivity contribution in [3.05, 3.63) is 26.9 Å². The molecule has 0 aliphatic heterocycles. The van der Waals surface area contributed by atoms with Gasteiger partial charge in [0.15, 0.2) is 5.13 Å². The van der Waals surface area contributed by atoms with Crippen LogP contribution in [0.5, 0.6) is 0 Å². The Bertz CT molecular complexity index is 729. The molecular formula is C12H15N3O2S3. The third-order valence-electron chi connectivity index (χ3n) is 3.18. The molecule has 3 N–H and O–H groups in total. The summed E-state index contributed by atoms with van der Waals surface area (Å²) in [4.78, 5) is 5.33. The predicted octanol–water partition coefficient (Wildman–Crippen LogP) is 2.65. The van der Waals surface area contributed by atoms with Crippen molar-refractivity contribution in [2.45, 2.75) is 37.1 Å². The predicted molar refractivity (Wildman–Crippen MR) is 81.8 cm³/mol. The maximum atomic E-state index is 12.5. The van der Waals surface area contributed by atoms with Crippen LogP contribution < -0.4 is 10.5 Å². The van der Waals surface area contributed by atoms with Crippen LogP contribution in [0.15, 0.2) is 15.7 Å². The SMILES string of the molecule is Cc1csc(CN)c1S(=O)(=O)Nc1nc(C2CC2)cs1. The highest BCUT2D eigenvalue weighted by atomic mass is 32.2. The fourth-order valence-corrected chi connectivity index (χ4v) is 5.80. The second-order valence-electron chi connectivity index (χ2n) is 4.83. The summed E-state index contributed by atoms with van der Waals surface area (Å²) in [5, 5.41) is 4.18. The number of thiophene rings is 1. The van der Waals surface area contributed by atoms with Gasteiger partial charge in [0.25, 0.3) is 10.0 Å². The molecule has 3 rings (SSSR count). The van der Waals surface area contributed by atoms with E-state index >= 15 is 0 Å². The molecule has 2 aromatic rings. The minimum atomic E-state index is -3.61. The molecular weight excluding hydrogens is 314 g/mol. The van der Waals surface area contributed by atoms with Gasteiger partial charge in [0.1, 0.15) is 4.90 Å². The summed E-state index contributed by atoms with van der Waals surface area (Å²) < 4.78 is 27.5. The van der Waals surface area contributed by atoms with Crippen molar-refractivity contribution < 1.29 is 8.42 Å². The van der Waals surface area contributed by atoms with Gasteiger partial charge in [-0.2, -0.15) is 0 Å². The molecule has 2 aromatic heterocycles. The zero-order chi connectivity index (χ0) is 14.3. The second kappa shape index (κ2) is 5.10. The molecule has 8 heteroatoms. The third-order valence-corrected chi connectivity index (χ3v) is 6.91. The molecule has 1 saturated carbocycles. The minimum Gasteiger partial charge on any atom is -0.326 e. The van der Waals surface area contributed by atoms with Gasteiger partial charge in [-0.15, -0.1) is 22.7 Å². The summed E-state index contributed by atoms with van der Waals surface area (Å²) in [6, 6.07) is 0. The van der Waals surface area contributed by atoms with Crippen molar-refractivity contribution in [3.8, 4) is 0 Å². The summed E-state index contributed by atoms with van der Waals surface area (Å²) in [7, 11) is -3.61. The van der Waals surface area contributed by atoms with Crippen LogP contribution in [-0.2, 0) is 16.6 Å². The number of rotatable bonds is 5. The first-order valence-corrected chi connectivity index (χ1v) is 9.51. The van der Waals surface area contributed by atoms with Gasteiger partial charge in [-0.25, -0.2) is 13.4 Å². The molecule has 0 bridgehead atoms. The number of thiazole rings is 1. The molecule has 108 valence electrons. The van der Waals surface area contributed by atoms with Crippen LogP contribution in [0.2, 0.25) is 0 Å². The van der Waals surface area contributed by atoms with E-state index in [-0.39, 0.29) is 6.54 Å². The lowest BCUT2D eigenvalue weighted by atomic mass is 10.3. The van der Waals surface area contributed by atoms with Crippen LogP contribution in [-0.4, -0.2) is 13.4 Å². The van der Waals surface area contributed by atoms with Gasteiger partial charge < -0.3 is 5.73 Å². The van der Waals surface area contributed by atoms with E-state index in [0.29, 0.717) is 20.8 Å². The number of nitrogens with two attached hydrogens (primary N) is 1. The van der Waals surface area contributed by atoms with Crippen molar-refractivity contribution in [2.75, 3.05) is 4.72 Å². The van der Waals surface area contributed by atoms with Crippen molar-refractivity contribution in [3.63, 3.8) is 0 Å². The quantitative estimate of drug-likeness (QED) is 0.883. The zero-order valence-corrected chi connectivity index (χ0v) is 13.4. The van der Waals surface area contributed by atoms with E-state index < -0.39 is 10.0 Å². The molecule has 20 heavy (non-hydrogen) atoms. The molecule has 0 radical (unpaired) electrons. The van der Waals surface area contributed by atoms with E-state index in [1.54, 1.807) is 6.92 Å². The Morgan fingerprint density at radius 1 is 1.40 bits per heavy atom. The van der Waals surface area contributed by atoms with Gasteiger partial charge in [0.2, 0.25) is 0 Å². The van der Waals surface area contributed by atoms with Gasteiger partial charge in [0.05, 0.1) is 5.69 Å². The number of nitrogens with one attached hydrogen (secondary N) is 1. The average molecular weight is 329 g/mol. The molecule has 1 aliphatic carbocycles. The number of hydrogen-bond acceptors (Lipinski definition) is 6. The monoisotopic (exact) mass is 329 g/mol. The van der Waals surface area contributed by atoms with E-state index in [1.165, 1.54) is 22.7 Å². The fourth-order valence-electron chi connectivity index (χ4n) is 2.05. The first-order valence-electron chi connectivity index (χ1n) is 6.26. The number of aromatic nitrogens is 1. The summed E-state index contributed by atoms with van der Waals surface area (Å²) in [5.41, 5.74) is 7.33. The molecule has 1 aliphatic rings. The highest BCUT2D eigenvalue weighted by Crippen LogP contribution is 2.41. The molecule has 0 amide bonds. The zero-order valence-electron chi connectivity index (χ0n) is 10.9. The van der Waals surface area contributed by atoms with E-state index in [0.717, 1.165) is 24.1 Å². The van der Waals surface area contributed by atoms with Crippen molar-refractivity contribution in [1.29, 1.82) is 0 Å². The van der Waals surface area contributed by atoms with Crippen LogP contribution in [0, 0.1) is 6.92 Å². The van der Waals surface area contributed by atoms with Gasteiger partial charge in [0, 0.05) is 22.7 Å². The molecule has 0 saturated heterocycles. The van der Waals surface area contributed by atoms with Crippen LogP contribution >= 0.6 is 22.7 Å². The third kappa shape index (κ3) is 2.60. The molecule has 0 unspecified atom stereocenters. The standard InChI is InChI=1S/C12H15N3O2S3/c1-7-5-18-10(4-13)11(7)20(16,17)15-12-14-9(6-19-12)8-2-3-8/h5-6,8H,2-4,13H2,1H3,(H,14,15). The first kappa shape index (κ1) is 14.0. The minimum absolute atomic E-state index is 0.222. The highest BCUT2D eigenvalue weighted by Gasteiger charge is 2.28. The lowest BCUT2D eigenvalue weighted by Crippen LogP contribution is -2.15. The second-order valence-corrected chi connectivity index (χ2v) is 8.27. The van der Waals surface area contributed by atoms with E-state index in [1.807, 2.05) is 10.8 Å². The number of sulfonamides is 1. The summed E-state index contributed by atoms with van der Waals surface area (Å²) in [6.45, 7) is 2.00. The van der Waals surface area contributed by atoms with Crippen molar-refractivity contribution in [2.24, 2.45) is 5.73 Å². The molecule has 1 fully saturated rings. The van der Waals surface area contributed by atoms with Crippen LogP contribution in [0.25, 0.3) is 0 Å². The van der Waals surface area contributed by atoms with Gasteiger partial charge in [-0.3, -0.25) is 4.72 Å². The van der Waals surface area contributed by atoms with Crippen molar-refractivity contribution >= 4 is 37.8 Å². The van der Waals surface area contributed by atoms with Crippen molar-refractivity contribution in [1.82, 2.24) is 4.98 Å². The normalized spacial score (nSPS) is 15.5. The van der Waals surface area contributed by atoms with Gasteiger partial charge in [-0.05, 0) is 30.7 Å². The van der Waals surface area contributed by atoms with E-state index in [4.69, 9.17) is 5.73 Å². The Labute approximate surface area is 125 Å². The average Bonchev–Trinajstić information content (AvgIpc) is 3.02. The fraction of sp³-hybridized carbons (Fsp3) is 0.417. The Morgan fingerprint density at radius 3 is 2.80 bits per heavy atom. The Kier molecular flexibility index (Phi) is 3.57. The lowest BCUT2D eigenvalue weighted by molar-refractivity contribution is 0.600. The molecule has 5 nitrogen and oxygen atoms in total. The Balaban J connectivity index is 1.89. The summed E-state index contributed by atoms with van der Waals surface area (Å²) in [5.74, 6) is 0.520. The number of nitrogens with zero attached hydrogens (tertiary/aromatic N) is 1. The van der Waals surface area contributed by atoms with Gasteiger partial charge >= 0.3 is 0 Å².